The molecule has 0 aromatic heterocycles. The number of ether oxygens (including phenoxy) is 2. The lowest BCUT2D eigenvalue weighted by Crippen LogP contribution is -2.57. The highest BCUT2D eigenvalue weighted by Crippen LogP contribution is 2.55. The number of methoxy groups -OCH3 is 1. The molecule has 126 valence electrons. The number of nitrogens with zero attached hydrogens (tertiary/aromatic N) is 1. The van der Waals surface area contributed by atoms with E-state index in [2.05, 4.69) is 0 Å². The molecule has 1 aliphatic carbocycles. The van der Waals surface area contributed by atoms with Crippen LogP contribution in [0.3, 0.4) is 0 Å². The Morgan fingerprint density at radius 3 is 2.32 bits per heavy atom. The van der Waals surface area contributed by atoms with Crippen molar-refractivity contribution < 1.29 is 19.1 Å². The van der Waals surface area contributed by atoms with E-state index in [9.17, 15) is 9.59 Å². The maximum absolute atomic E-state index is 12.3. The zero-order valence-corrected chi connectivity index (χ0v) is 14.4. The second-order valence-electron chi connectivity index (χ2n) is 8.04. The van der Waals surface area contributed by atoms with Crippen molar-refractivity contribution in [2.24, 2.45) is 23.0 Å². The number of esters is 1. The minimum atomic E-state index is -0.689. The Hall–Kier alpha value is -1.30. The number of hydrogen-bond acceptors (Lipinski definition) is 5. The summed E-state index contributed by atoms with van der Waals surface area (Å²) in [5, 5.41) is 0. The predicted octanol–water partition coefficient (Wildman–Crippen LogP) is 1.77. The molecule has 1 amide bonds. The van der Waals surface area contributed by atoms with Crippen molar-refractivity contribution in [3.8, 4) is 0 Å². The van der Waals surface area contributed by atoms with E-state index in [0.29, 0.717) is 12.5 Å². The van der Waals surface area contributed by atoms with Gasteiger partial charge in [-0.05, 0) is 44.4 Å². The number of fused-ring (bicyclic) bond motifs is 1. The second-order valence-corrected chi connectivity index (χ2v) is 8.04. The summed E-state index contributed by atoms with van der Waals surface area (Å²) < 4.78 is 10.3. The van der Waals surface area contributed by atoms with Crippen LogP contribution in [0.15, 0.2) is 0 Å². The predicted molar refractivity (Wildman–Crippen MR) is 82.1 cm³/mol. The number of amides is 1. The molecule has 3 aliphatic rings. The van der Waals surface area contributed by atoms with Crippen molar-refractivity contribution in [3.05, 3.63) is 0 Å². The monoisotopic (exact) mass is 312 g/mol. The van der Waals surface area contributed by atoms with Crippen LogP contribution in [0, 0.1) is 17.3 Å². The van der Waals surface area contributed by atoms with Crippen LogP contribution in [0.4, 0.5) is 4.79 Å². The summed E-state index contributed by atoms with van der Waals surface area (Å²) in [5.74, 6) is 0.178. The van der Waals surface area contributed by atoms with Gasteiger partial charge in [-0.15, -0.1) is 0 Å². The SMILES string of the molecule is COC(=O)C(N)C(C)(C)C1[C@H]2C[C@@H]1N(C(=O)OC(C)(C)C)C2. The summed E-state index contributed by atoms with van der Waals surface area (Å²) in [4.78, 5) is 25.9. The minimum Gasteiger partial charge on any atom is -0.468 e. The molecular weight excluding hydrogens is 284 g/mol. The normalized spacial score (nSPS) is 28.9. The second kappa shape index (κ2) is 5.41. The first-order valence-electron chi connectivity index (χ1n) is 7.82. The van der Waals surface area contributed by atoms with Gasteiger partial charge in [0, 0.05) is 12.6 Å². The van der Waals surface area contributed by atoms with E-state index in [4.69, 9.17) is 15.2 Å². The molecular formula is C16H28N2O4. The van der Waals surface area contributed by atoms with Gasteiger partial charge in [-0.1, -0.05) is 13.8 Å². The lowest BCUT2D eigenvalue weighted by Gasteiger charge is -2.48. The molecule has 0 radical (unpaired) electrons. The molecule has 2 bridgehead atoms. The summed E-state index contributed by atoms with van der Waals surface area (Å²) in [7, 11) is 1.35. The van der Waals surface area contributed by atoms with Crippen molar-refractivity contribution in [1.82, 2.24) is 4.90 Å². The van der Waals surface area contributed by atoms with E-state index in [1.807, 2.05) is 34.6 Å². The Balaban J connectivity index is 2.08. The van der Waals surface area contributed by atoms with Gasteiger partial charge in [0.25, 0.3) is 0 Å². The number of hydrogen-bond donors (Lipinski definition) is 1. The molecule has 4 atom stereocenters. The van der Waals surface area contributed by atoms with Crippen molar-refractivity contribution in [2.75, 3.05) is 13.7 Å². The fraction of sp³-hybridized carbons (Fsp3) is 0.875. The molecule has 6 heteroatoms. The zero-order valence-electron chi connectivity index (χ0n) is 14.4. The first-order chi connectivity index (χ1) is 9.99. The van der Waals surface area contributed by atoms with Gasteiger partial charge in [0.05, 0.1) is 7.11 Å². The topological polar surface area (TPSA) is 81.9 Å². The van der Waals surface area contributed by atoms with Crippen LogP contribution in [0.25, 0.3) is 0 Å². The fourth-order valence-corrected chi connectivity index (χ4v) is 3.89. The van der Waals surface area contributed by atoms with Crippen LogP contribution in [0.1, 0.15) is 41.0 Å². The van der Waals surface area contributed by atoms with Gasteiger partial charge in [0.1, 0.15) is 11.6 Å². The first kappa shape index (κ1) is 17.1. The van der Waals surface area contributed by atoms with E-state index in [0.717, 1.165) is 6.42 Å². The number of rotatable bonds is 3. The lowest BCUT2D eigenvalue weighted by molar-refractivity contribution is -0.147. The smallest absolute Gasteiger partial charge is 0.410 e. The van der Waals surface area contributed by atoms with Crippen LogP contribution in [0.2, 0.25) is 0 Å². The Morgan fingerprint density at radius 2 is 1.82 bits per heavy atom. The van der Waals surface area contributed by atoms with Crippen molar-refractivity contribution in [2.45, 2.75) is 58.7 Å². The van der Waals surface area contributed by atoms with Crippen molar-refractivity contribution in [1.29, 1.82) is 0 Å². The summed E-state index contributed by atoms with van der Waals surface area (Å²) in [5.41, 5.74) is 5.16. The standard InChI is InChI=1S/C16H28N2O4/c1-15(2,3)22-14(20)18-8-9-7-10(18)11(9)16(4,5)12(17)13(19)21-6/h9-12H,7-8,17H2,1-6H3/t9-,10-,11?,12?/m0/s1. The lowest BCUT2D eigenvalue weighted by atomic mass is 9.58. The molecule has 2 saturated heterocycles. The number of nitrogens with two attached hydrogens (primary N) is 1. The fourth-order valence-electron chi connectivity index (χ4n) is 3.89. The highest BCUT2D eigenvalue weighted by atomic mass is 16.6. The average Bonchev–Trinajstić information content (AvgIpc) is 2.93. The molecule has 2 aliphatic heterocycles. The Morgan fingerprint density at radius 1 is 1.23 bits per heavy atom. The van der Waals surface area contributed by atoms with Gasteiger partial charge in [-0.2, -0.15) is 0 Å². The minimum absolute atomic E-state index is 0.102. The largest absolute Gasteiger partial charge is 0.468 e. The molecule has 22 heavy (non-hydrogen) atoms. The first-order valence-corrected chi connectivity index (χ1v) is 7.82. The summed E-state index contributed by atoms with van der Waals surface area (Å²) in [6.07, 6.45) is 0.686. The highest BCUT2D eigenvalue weighted by Gasteiger charge is 2.61. The Kier molecular flexibility index (Phi) is 4.19. The van der Waals surface area contributed by atoms with E-state index in [-0.39, 0.29) is 18.1 Å². The van der Waals surface area contributed by atoms with Crippen LogP contribution in [-0.4, -0.2) is 48.3 Å². The molecule has 0 spiro atoms. The van der Waals surface area contributed by atoms with Crippen LogP contribution < -0.4 is 5.73 Å². The molecule has 3 rings (SSSR count). The van der Waals surface area contributed by atoms with Gasteiger partial charge >= 0.3 is 12.1 Å². The Labute approximate surface area is 132 Å². The summed E-state index contributed by atoms with van der Waals surface area (Å²) in [6, 6.07) is -0.586. The highest BCUT2D eigenvalue weighted by molar-refractivity contribution is 5.76. The van der Waals surface area contributed by atoms with Gasteiger partial charge in [0.2, 0.25) is 0 Å². The van der Waals surface area contributed by atoms with Crippen molar-refractivity contribution >= 4 is 12.1 Å². The maximum Gasteiger partial charge on any atom is 0.410 e. The van der Waals surface area contributed by atoms with Gasteiger partial charge in [-0.3, -0.25) is 4.79 Å². The van der Waals surface area contributed by atoms with E-state index in [1.165, 1.54) is 7.11 Å². The molecule has 2 unspecified atom stereocenters. The molecule has 2 heterocycles. The molecule has 3 fully saturated rings. The van der Waals surface area contributed by atoms with E-state index < -0.39 is 23.0 Å². The molecule has 6 nitrogen and oxygen atoms in total. The van der Waals surface area contributed by atoms with Gasteiger partial charge in [-0.25, -0.2) is 4.79 Å². The molecule has 1 saturated carbocycles. The third kappa shape index (κ3) is 2.81. The van der Waals surface area contributed by atoms with Crippen molar-refractivity contribution in [3.63, 3.8) is 0 Å². The summed E-state index contributed by atoms with van der Waals surface area (Å²) in [6.45, 7) is 10.2. The van der Waals surface area contributed by atoms with E-state index in [1.54, 1.807) is 4.90 Å². The van der Waals surface area contributed by atoms with Crippen LogP contribution in [-0.2, 0) is 14.3 Å². The van der Waals surface area contributed by atoms with Gasteiger partial charge in [0.15, 0.2) is 0 Å². The van der Waals surface area contributed by atoms with E-state index >= 15 is 0 Å². The summed E-state index contributed by atoms with van der Waals surface area (Å²) >= 11 is 0. The quantitative estimate of drug-likeness (QED) is 0.803. The molecule has 0 aromatic carbocycles. The van der Waals surface area contributed by atoms with Crippen LogP contribution >= 0.6 is 0 Å². The third-order valence-corrected chi connectivity index (χ3v) is 5.04. The molecule has 0 aromatic rings. The number of carbonyl (C=O) groups is 2. The van der Waals surface area contributed by atoms with Crippen LogP contribution in [0.5, 0.6) is 0 Å². The maximum atomic E-state index is 12.3. The Bertz CT molecular complexity index is 469. The zero-order chi connectivity index (χ0) is 16.9. The van der Waals surface area contributed by atoms with Gasteiger partial charge < -0.3 is 20.1 Å². The number of carbonyl (C=O) groups excluding carboxylic acids is 2. The average molecular weight is 312 g/mol. The third-order valence-electron chi connectivity index (χ3n) is 5.04. The molecule has 2 N–H and O–H groups in total.